The Morgan fingerprint density at radius 3 is 2.80 bits per heavy atom. The molecule has 0 saturated heterocycles. The van der Waals surface area contributed by atoms with Gasteiger partial charge < -0.3 is 15.7 Å². The van der Waals surface area contributed by atoms with E-state index in [9.17, 15) is 9.59 Å². The second-order valence-electron chi connectivity index (χ2n) is 5.39. The van der Waals surface area contributed by atoms with E-state index in [1.165, 1.54) is 6.42 Å². The molecule has 5 nitrogen and oxygen atoms in total. The van der Waals surface area contributed by atoms with Crippen LogP contribution in [0.1, 0.15) is 52.4 Å². The largest absolute Gasteiger partial charge is 0.481 e. The average molecular weight is 302 g/mol. The summed E-state index contributed by atoms with van der Waals surface area (Å²) >= 11 is 1.97. The summed E-state index contributed by atoms with van der Waals surface area (Å²) in [5.74, 6) is 0.344. The molecule has 0 spiro atoms. The zero-order chi connectivity index (χ0) is 15.0. The lowest BCUT2D eigenvalue weighted by molar-refractivity contribution is -0.137. The molecule has 2 amide bonds. The molecule has 0 heterocycles. The normalized spacial score (nSPS) is 23.3. The number of hydrogen-bond acceptors (Lipinski definition) is 3. The monoisotopic (exact) mass is 302 g/mol. The Bertz CT molecular complexity index is 326. The van der Waals surface area contributed by atoms with Crippen LogP contribution in [0.15, 0.2) is 0 Å². The van der Waals surface area contributed by atoms with Crippen molar-refractivity contribution in [1.29, 1.82) is 0 Å². The standard InChI is InChI=1S/C14H26N2O3S/c1-3-20-12-8-7-11(9-12)16-14(19)15-10(2)5-4-6-13(17)18/h10-12H,3-9H2,1-2H3,(H,17,18)(H2,15,16,19). The van der Waals surface area contributed by atoms with Crippen LogP contribution in [-0.4, -0.2) is 40.2 Å². The van der Waals surface area contributed by atoms with Crippen molar-refractivity contribution < 1.29 is 14.7 Å². The molecule has 6 heteroatoms. The van der Waals surface area contributed by atoms with E-state index in [1.807, 2.05) is 18.7 Å². The molecule has 1 fully saturated rings. The highest BCUT2D eigenvalue weighted by Gasteiger charge is 2.25. The number of aliphatic carboxylic acids is 1. The summed E-state index contributed by atoms with van der Waals surface area (Å²) in [6.07, 6.45) is 4.73. The second kappa shape index (κ2) is 9.10. The minimum atomic E-state index is -0.785. The number of urea groups is 1. The third kappa shape index (κ3) is 7.03. The molecule has 116 valence electrons. The predicted octanol–water partition coefficient (Wildman–Crippen LogP) is 2.60. The Hall–Kier alpha value is -0.910. The smallest absolute Gasteiger partial charge is 0.315 e. The molecule has 0 bridgehead atoms. The molecule has 3 atom stereocenters. The minimum absolute atomic E-state index is 0.0107. The molecule has 1 rings (SSSR count). The zero-order valence-corrected chi connectivity index (χ0v) is 13.2. The first kappa shape index (κ1) is 17.1. The molecule has 3 N–H and O–H groups in total. The second-order valence-corrected chi connectivity index (χ2v) is 6.97. The average Bonchev–Trinajstić information content (AvgIpc) is 2.76. The molecule has 1 saturated carbocycles. The number of amides is 2. The van der Waals surface area contributed by atoms with E-state index >= 15 is 0 Å². The van der Waals surface area contributed by atoms with Gasteiger partial charge in [0.15, 0.2) is 0 Å². The third-order valence-electron chi connectivity index (χ3n) is 3.53. The lowest BCUT2D eigenvalue weighted by Gasteiger charge is -2.17. The molecular formula is C14H26N2O3S. The van der Waals surface area contributed by atoms with Gasteiger partial charge in [-0.2, -0.15) is 11.8 Å². The van der Waals surface area contributed by atoms with Crippen LogP contribution in [0.2, 0.25) is 0 Å². The number of carboxylic acids is 1. The van der Waals surface area contributed by atoms with Crippen LogP contribution in [0.3, 0.4) is 0 Å². The Kier molecular flexibility index (Phi) is 7.80. The molecule has 1 aliphatic rings. The lowest BCUT2D eigenvalue weighted by Crippen LogP contribution is -2.44. The molecule has 0 radical (unpaired) electrons. The van der Waals surface area contributed by atoms with E-state index in [4.69, 9.17) is 5.11 Å². The van der Waals surface area contributed by atoms with Crippen LogP contribution in [0, 0.1) is 0 Å². The first-order chi connectivity index (χ1) is 9.51. The maximum absolute atomic E-state index is 11.8. The molecule has 20 heavy (non-hydrogen) atoms. The van der Waals surface area contributed by atoms with Crippen molar-refractivity contribution in [3.05, 3.63) is 0 Å². The highest BCUT2D eigenvalue weighted by atomic mass is 32.2. The maximum Gasteiger partial charge on any atom is 0.315 e. The van der Waals surface area contributed by atoms with Crippen LogP contribution < -0.4 is 10.6 Å². The van der Waals surface area contributed by atoms with Gasteiger partial charge in [0, 0.05) is 23.8 Å². The lowest BCUT2D eigenvalue weighted by atomic mass is 10.1. The number of hydrogen-bond donors (Lipinski definition) is 3. The zero-order valence-electron chi connectivity index (χ0n) is 12.4. The van der Waals surface area contributed by atoms with Crippen molar-refractivity contribution in [2.24, 2.45) is 0 Å². The molecule has 0 aromatic carbocycles. The van der Waals surface area contributed by atoms with Crippen molar-refractivity contribution >= 4 is 23.8 Å². The van der Waals surface area contributed by atoms with E-state index in [1.54, 1.807) is 0 Å². The van der Waals surface area contributed by atoms with Gasteiger partial charge in [-0.3, -0.25) is 4.79 Å². The Balaban J connectivity index is 2.15. The van der Waals surface area contributed by atoms with Crippen molar-refractivity contribution in [2.45, 2.75) is 69.7 Å². The quantitative estimate of drug-likeness (QED) is 0.644. The van der Waals surface area contributed by atoms with Crippen molar-refractivity contribution in [3.63, 3.8) is 0 Å². The van der Waals surface area contributed by atoms with Gasteiger partial charge in [0.25, 0.3) is 0 Å². The summed E-state index contributed by atoms with van der Waals surface area (Å²) in [5, 5.41) is 15.1. The van der Waals surface area contributed by atoms with Gasteiger partial charge in [-0.05, 0) is 44.8 Å². The van der Waals surface area contributed by atoms with Crippen LogP contribution in [-0.2, 0) is 4.79 Å². The number of thioether (sulfide) groups is 1. The molecule has 0 aliphatic heterocycles. The molecule has 0 aromatic rings. The number of carbonyl (C=O) groups excluding carboxylic acids is 1. The van der Waals surface area contributed by atoms with Crippen LogP contribution in [0.5, 0.6) is 0 Å². The van der Waals surface area contributed by atoms with Crippen LogP contribution >= 0.6 is 11.8 Å². The van der Waals surface area contributed by atoms with E-state index < -0.39 is 5.97 Å². The van der Waals surface area contributed by atoms with Gasteiger partial charge in [0.1, 0.15) is 0 Å². The van der Waals surface area contributed by atoms with Gasteiger partial charge in [-0.25, -0.2) is 4.79 Å². The molecule has 1 aliphatic carbocycles. The first-order valence-electron chi connectivity index (χ1n) is 7.41. The van der Waals surface area contributed by atoms with E-state index in [0.29, 0.717) is 18.1 Å². The molecular weight excluding hydrogens is 276 g/mol. The van der Waals surface area contributed by atoms with Crippen LogP contribution in [0.25, 0.3) is 0 Å². The van der Waals surface area contributed by atoms with Crippen molar-refractivity contribution in [1.82, 2.24) is 10.6 Å². The Labute approximate surface area is 125 Å². The predicted molar refractivity (Wildman–Crippen MR) is 82.2 cm³/mol. The van der Waals surface area contributed by atoms with E-state index in [-0.39, 0.29) is 24.5 Å². The van der Waals surface area contributed by atoms with Crippen molar-refractivity contribution in [2.75, 3.05) is 5.75 Å². The fourth-order valence-corrected chi connectivity index (χ4v) is 3.68. The summed E-state index contributed by atoms with van der Waals surface area (Å²) < 4.78 is 0. The number of carbonyl (C=O) groups is 2. The van der Waals surface area contributed by atoms with Gasteiger partial charge in [-0.1, -0.05) is 6.92 Å². The Morgan fingerprint density at radius 1 is 1.40 bits per heavy atom. The van der Waals surface area contributed by atoms with E-state index in [0.717, 1.165) is 18.6 Å². The van der Waals surface area contributed by atoms with E-state index in [2.05, 4.69) is 17.6 Å². The van der Waals surface area contributed by atoms with Gasteiger partial charge in [-0.15, -0.1) is 0 Å². The first-order valence-corrected chi connectivity index (χ1v) is 8.46. The summed E-state index contributed by atoms with van der Waals surface area (Å²) in [5.41, 5.74) is 0. The number of nitrogens with one attached hydrogen (secondary N) is 2. The van der Waals surface area contributed by atoms with Gasteiger partial charge in [0.05, 0.1) is 0 Å². The van der Waals surface area contributed by atoms with Crippen LogP contribution in [0.4, 0.5) is 4.79 Å². The third-order valence-corrected chi connectivity index (χ3v) is 4.76. The fourth-order valence-electron chi connectivity index (χ4n) is 2.54. The maximum atomic E-state index is 11.8. The highest BCUT2D eigenvalue weighted by molar-refractivity contribution is 7.99. The van der Waals surface area contributed by atoms with Gasteiger partial charge >= 0.3 is 12.0 Å². The Morgan fingerprint density at radius 2 is 2.15 bits per heavy atom. The summed E-state index contributed by atoms with van der Waals surface area (Å²) in [4.78, 5) is 22.2. The number of rotatable bonds is 8. The number of carboxylic acid groups (broad SMARTS) is 1. The van der Waals surface area contributed by atoms with Gasteiger partial charge in [0.2, 0.25) is 0 Å². The molecule has 0 aromatic heterocycles. The van der Waals surface area contributed by atoms with Crippen molar-refractivity contribution in [3.8, 4) is 0 Å². The molecule has 3 unspecified atom stereocenters. The summed E-state index contributed by atoms with van der Waals surface area (Å²) in [6.45, 7) is 4.07. The SMILES string of the molecule is CCSC1CCC(NC(=O)NC(C)CCCC(=O)O)C1. The topological polar surface area (TPSA) is 78.4 Å². The summed E-state index contributed by atoms with van der Waals surface area (Å²) in [6, 6.07) is 0.168. The summed E-state index contributed by atoms with van der Waals surface area (Å²) in [7, 11) is 0. The minimum Gasteiger partial charge on any atom is -0.481 e. The fraction of sp³-hybridized carbons (Fsp3) is 0.857. The highest BCUT2D eigenvalue weighted by Crippen LogP contribution is 2.29.